The summed E-state index contributed by atoms with van der Waals surface area (Å²) < 4.78 is 6.44. The Bertz CT molecular complexity index is 1030. The number of rotatable bonds is 7. The molecule has 4 rings (SSSR count). The van der Waals surface area contributed by atoms with Crippen LogP contribution in [-0.4, -0.2) is 61.8 Å². The Hall–Kier alpha value is -3.36. The van der Waals surface area contributed by atoms with E-state index in [1.54, 1.807) is 18.5 Å². The molecule has 0 bridgehead atoms. The van der Waals surface area contributed by atoms with Gasteiger partial charge in [-0.15, -0.1) is 5.10 Å². The number of methoxy groups -OCH3 is 1. The van der Waals surface area contributed by atoms with Gasteiger partial charge in [-0.1, -0.05) is 29.5 Å². The van der Waals surface area contributed by atoms with Crippen LogP contribution in [0.15, 0.2) is 61.1 Å². The van der Waals surface area contributed by atoms with Gasteiger partial charge in [0.25, 0.3) is 0 Å². The quantitative estimate of drug-likeness (QED) is 0.463. The number of pyridine rings is 1. The number of likely N-dealkylation sites (tertiary alicyclic amines) is 1. The van der Waals surface area contributed by atoms with Crippen molar-refractivity contribution in [2.24, 2.45) is 0 Å². The number of β-amino-alcohol motifs (C(OH)–C–C–N with tert-alkyl or cyclic N) is 1. The van der Waals surface area contributed by atoms with Gasteiger partial charge in [-0.2, -0.15) is 0 Å². The van der Waals surface area contributed by atoms with E-state index in [-0.39, 0.29) is 18.1 Å². The molecule has 3 aromatic rings. The molecule has 1 aliphatic heterocycles. The molecule has 2 atom stereocenters. The first-order chi connectivity index (χ1) is 15.1. The average molecular weight is 419 g/mol. The number of carbonyl (C=O) groups is 1. The van der Waals surface area contributed by atoms with E-state index in [4.69, 9.17) is 0 Å². The maximum Gasteiger partial charge on any atom is 0.330 e. The van der Waals surface area contributed by atoms with E-state index in [2.05, 4.69) is 24.9 Å². The van der Waals surface area contributed by atoms with E-state index < -0.39 is 0 Å². The summed E-state index contributed by atoms with van der Waals surface area (Å²) in [5.41, 5.74) is 3.79. The Balaban J connectivity index is 1.40. The number of hydrogen-bond donors (Lipinski definition) is 1. The summed E-state index contributed by atoms with van der Waals surface area (Å²) in [6.07, 6.45) is 8.89. The van der Waals surface area contributed by atoms with Crippen LogP contribution in [0.2, 0.25) is 0 Å². The van der Waals surface area contributed by atoms with E-state index in [0.29, 0.717) is 19.5 Å². The van der Waals surface area contributed by atoms with Crippen LogP contribution in [0.3, 0.4) is 0 Å². The second-order valence-corrected chi connectivity index (χ2v) is 7.64. The Morgan fingerprint density at radius 3 is 2.87 bits per heavy atom. The third kappa shape index (κ3) is 5.42. The van der Waals surface area contributed by atoms with Crippen molar-refractivity contribution in [2.45, 2.75) is 31.7 Å². The Kier molecular flexibility index (Phi) is 6.49. The lowest BCUT2D eigenvalue weighted by Crippen LogP contribution is -2.32. The van der Waals surface area contributed by atoms with Gasteiger partial charge in [0.2, 0.25) is 0 Å². The number of aromatic nitrogens is 4. The zero-order valence-electron chi connectivity index (χ0n) is 17.3. The van der Waals surface area contributed by atoms with Crippen molar-refractivity contribution < 1.29 is 14.6 Å². The molecule has 1 aliphatic rings. The second-order valence-electron chi connectivity index (χ2n) is 7.64. The van der Waals surface area contributed by atoms with Gasteiger partial charge in [-0.25, -0.2) is 4.79 Å². The van der Waals surface area contributed by atoms with Crippen molar-refractivity contribution >= 4 is 12.0 Å². The third-order valence-electron chi connectivity index (χ3n) is 5.38. The van der Waals surface area contributed by atoms with Crippen molar-refractivity contribution in [3.63, 3.8) is 0 Å². The number of aliphatic hydroxyl groups is 1. The minimum atomic E-state index is -0.377. The van der Waals surface area contributed by atoms with Crippen LogP contribution in [0.1, 0.15) is 17.5 Å². The maximum atomic E-state index is 11.2. The first-order valence-corrected chi connectivity index (χ1v) is 10.2. The lowest BCUT2D eigenvalue weighted by atomic mass is 10.1. The van der Waals surface area contributed by atoms with Crippen molar-refractivity contribution in [1.82, 2.24) is 24.9 Å². The number of carbonyl (C=O) groups excluding carboxylic acids is 1. The minimum Gasteiger partial charge on any atom is -0.466 e. The fraction of sp³-hybridized carbons (Fsp3) is 0.304. The van der Waals surface area contributed by atoms with Gasteiger partial charge in [0, 0.05) is 43.2 Å². The molecule has 0 saturated carbocycles. The highest BCUT2D eigenvalue weighted by Gasteiger charge is 2.31. The van der Waals surface area contributed by atoms with Crippen LogP contribution in [0.5, 0.6) is 0 Å². The third-order valence-corrected chi connectivity index (χ3v) is 5.38. The minimum absolute atomic E-state index is 0.164. The molecular weight excluding hydrogens is 394 g/mol. The largest absolute Gasteiger partial charge is 0.466 e. The molecule has 1 N–H and O–H groups in total. The summed E-state index contributed by atoms with van der Waals surface area (Å²) in [6, 6.07) is 12.0. The number of aliphatic hydroxyl groups excluding tert-OH is 1. The van der Waals surface area contributed by atoms with E-state index in [9.17, 15) is 9.90 Å². The van der Waals surface area contributed by atoms with Crippen molar-refractivity contribution in [1.29, 1.82) is 0 Å². The van der Waals surface area contributed by atoms with Crippen LogP contribution in [-0.2, 0) is 22.6 Å². The molecule has 8 heteroatoms. The summed E-state index contributed by atoms with van der Waals surface area (Å²) in [5, 5.41) is 18.8. The second kappa shape index (κ2) is 9.63. The van der Waals surface area contributed by atoms with Crippen LogP contribution in [0.4, 0.5) is 0 Å². The molecular formula is C23H25N5O3. The smallest absolute Gasteiger partial charge is 0.330 e. The molecule has 160 valence electrons. The normalized spacial score (nSPS) is 19.2. The van der Waals surface area contributed by atoms with E-state index in [1.807, 2.05) is 47.3 Å². The summed E-state index contributed by atoms with van der Waals surface area (Å²) in [5.74, 6) is -0.377. The van der Waals surface area contributed by atoms with Crippen molar-refractivity contribution in [3.05, 3.63) is 72.2 Å². The van der Waals surface area contributed by atoms with Gasteiger partial charge < -0.3 is 9.84 Å². The fourth-order valence-electron chi connectivity index (χ4n) is 3.79. The molecule has 0 radical (unpaired) electrons. The molecule has 2 aromatic heterocycles. The summed E-state index contributed by atoms with van der Waals surface area (Å²) >= 11 is 0. The zero-order chi connectivity index (χ0) is 21.6. The number of esters is 1. The van der Waals surface area contributed by atoms with Gasteiger partial charge in [0.05, 0.1) is 26.0 Å². The van der Waals surface area contributed by atoms with Crippen LogP contribution < -0.4 is 0 Å². The predicted molar refractivity (Wildman–Crippen MR) is 116 cm³/mol. The van der Waals surface area contributed by atoms with E-state index in [0.717, 1.165) is 28.9 Å². The maximum absolute atomic E-state index is 11.2. The first kappa shape index (κ1) is 20.9. The molecule has 0 amide bonds. The Morgan fingerprint density at radius 1 is 1.29 bits per heavy atom. The van der Waals surface area contributed by atoms with Crippen LogP contribution >= 0.6 is 0 Å². The van der Waals surface area contributed by atoms with Gasteiger partial charge in [0.1, 0.15) is 5.69 Å². The number of ether oxygens (including phenoxy) is 1. The highest BCUT2D eigenvalue weighted by molar-refractivity contribution is 5.86. The molecule has 31 heavy (non-hydrogen) atoms. The van der Waals surface area contributed by atoms with Crippen LogP contribution in [0, 0.1) is 0 Å². The Morgan fingerprint density at radius 2 is 2.13 bits per heavy atom. The van der Waals surface area contributed by atoms with Gasteiger partial charge in [-0.05, 0) is 35.8 Å². The molecule has 1 saturated heterocycles. The lowest BCUT2D eigenvalue weighted by Gasteiger charge is -2.24. The predicted octanol–water partition coefficient (Wildman–Crippen LogP) is 2.16. The van der Waals surface area contributed by atoms with Gasteiger partial charge in [0.15, 0.2) is 0 Å². The van der Waals surface area contributed by atoms with Gasteiger partial charge >= 0.3 is 5.97 Å². The molecule has 8 nitrogen and oxygen atoms in total. The van der Waals surface area contributed by atoms with Crippen molar-refractivity contribution in [2.75, 3.05) is 13.7 Å². The number of nitrogens with zero attached hydrogens (tertiary/aromatic N) is 5. The molecule has 1 aromatic carbocycles. The summed E-state index contributed by atoms with van der Waals surface area (Å²) in [7, 11) is 1.36. The van der Waals surface area contributed by atoms with Crippen LogP contribution in [0.25, 0.3) is 17.3 Å². The molecule has 3 heterocycles. The summed E-state index contributed by atoms with van der Waals surface area (Å²) in [4.78, 5) is 17.6. The highest BCUT2D eigenvalue weighted by Crippen LogP contribution is 2.23. The molecule has 0 aliphatic carbocycles. The van der Waals surface area contributed by atoms with Gasteiger partial charge in [-0.3, -0.25) is 14.6 Å². The standard InChI is InChI=1S/C23H25N5O3/c1-31-23(30)9-8-17-4-6-18(7-5-17)13-27-15-21(29)11-20(27)14-28-16-22(25-26-28)19-3-2-10-24-12-19/h2-10,12,16,20-21,29H,11,13-15H2,1H3/t20-,21-/m1/s1. The SMILES string of the molecule is COC(=O)C=Cc1ccc(CN2C[C@H](O)C[C@@H]2Cn2cc(-c3cccnc3)nn2)cc1. The van der Waals surface area contributed by atoms with Crippen molar-refractivity contribution in [3.8, 4) is 11.3 Å². The fourth-order valence-corrected chi connectivity index (χ4v) is 3.79. The lowest BCUT2D eigenvalue weighted by molar-refractivity contribution is -0.134. The topological polar surface area (TPSA) is 93.4 Å². The number of benzene rings is 1. The highest BCUT2D eigenvalue weighted by atomic mass is 16.5. The summed E-state index contributed by atoms with van der Waals surface area (Å²) in [6.45, 7) is 2.01. The molecule has 0 spiro atoms. The van der Waals surface area contributed by atoms with E-state index >= 15 is 0 Å². The zero-order valence-corrected chi connectivity index (χ0v) is 17.3. The van der Waals surface area contributed by atoms with E-state index in [1.165, 1.54) is 13.2 Å². The monoisotopic (exact) mass is 419 g/mol. The number of hydrogen-bond acceptors (Lipinski definition) is 7. The average Bonchev–Trinajstić information content (AvgIpc) is 3.40. The Labute approximate surface area is 180 Å². The first-order valence-electron chi connectivity index (χ1n) is 10.2. The molecule has 1 fully saturated rings. The molecule has 0 unspecified atom stereocenters.